The van der Waals surface area contributed by atoms with Crippen molar-refractivity contribution in [1.29, 1.82) is 0 Å². The number of phenolic OH excluding ortho intramolecular Hbond substituents is 2. The number of hydrogen-bond acceptors (Lipinski definition) is 3. The lowest BCUT2D eigenvalue weighted by atomic mass is 9.97. The highest BCUT2D eigenvalue weighted by molar-refractivity contribution is 5.83. The molecule has 0 unspecified atom stereocenters. The van der Waals surface area contributed by atoms with Crippen LogP contribution in [0.4, 0.5) is 4.39 Å². The normalized spacial score (nSPS) is 10.9. The molecular weight excluding hydrogens is 403 g/mol. The van der Waals surface area contributed by atoms with E-state index in [9.17, 15) is 14.6 Å². The topological polar surface area (TPSA) is 58.3 Å². The van der Waals surface area contributed by atoms with E-state index < -0.39 is 0 Å². The number of halogens is 1. The van der Waals surface area contributed by atoms with E-state index in [1.165, 1.54) is 6.07 Å². The first-order valence-corrected chi connectivity index (χ1v) is 10.1. The van der Waals surface area contributed by atoms with Gasteiger partial charge in [0, 0.05) is 17.3 Å². The number of para-hydroxylation sites is 1. The zero-order valence-corrected chi connectivity index (χ0v) is 17.0. The van der Waals surface area contributed by atoms with Gasteiger partial charge in [-0.15, -0.1) is 0 Å². The van der Waals surface area contributed by atoms with Gasteiger partial charge in [-0.05, 0) is 71.3 Å². The lowest BCUT2D eigenvalue weighted by Crippen LogP contribution is -1.97. The fourth-order valence-corrected chi connectivity index (χ4v) is 3.70. The number of benzene rings is 4. The molecule has 0 aliphatic heterocycles. The monoisotopic (exact) mass is 422 g/mol. The molecule has 0 aliphatic rings. The molecule has 5 aromatic rings. The number of hydrogen-bond donors (Lipinski definition) is 2. The number of nitrogens with zero attached hydrogens (tertiary/aromatic N) is 2. The molecule has 0 saturated heterocycles. The summed E-state index contributed by atoms with van der Waals surface area (Å²) in [7, 11) is 0. The molecule has 4 nitrogen and oxygen atoms in total. The summed E-state index contributed by atoms with van der Waals surface area (Å²) >= 11 is 0. The lowest BCUT2D eigenvalue weighted by molar-refractivity contribution is 0.475. The quantitative estimate of drug-likeness (QED) is 0.351. The largest absolute Gasteiger partial charge is 0.508 e. The molecule has 0 spiro atoms. The van der Waals surface area contributed by atoms with E-state index in [2.05, 4.69) is 0 Å². The molecule has 5 heteroatoms. The van der Waals surface area contributed by atoms with Crippen molar-refractivity contribution in [1.82, 2.24) is 9.78 Å². The van der Waals surface area contributed by atoms with E-state index in [0.717, 1.165) is 27.8 Å². The fraction of sp³-hybridized carbons (Fsp3) is 0. The van der Waals surface area contributed by atoms with Gasteiger partial charge in [0.1, 0.15) is 28.7 Å². The number of aromatic nitrogens is 2. The summed E-state index contributed by atoms with van der Waals surface area (Å²) < 4.78 is 16.0. The first-order chi connectivity index (χ1) is 15.6. The minimum Gasteiger partial charge on any atom is -0.508 e. The highest BCUT2D eigenvalue weighted by atomic mass is 19.1. The highest BCUT2D eigenvalue weighted by Gasteiger charge is 2.16. The van der Waals surface area contributed by atoms with Crippen molar-refractivity contribution in [2.24, 2.45) is 0 Å². The maximum Gasteiger partial charge on any atom is 0.148 e. The van der Waals surface area contributed by atoms with Gasteiger partial charge in [0.2, 0.25) is 0 Å². The average molecular weight is 422 g/mol. The zero-order valence-electron chi connectivity index (χ0n) is 17.0. The van der Waals surface area contributed by atoms with Crippen LogP contribution >= 0.6 is 0 Å². The van der Waals surface area contributed by atoms with Crippen LogP contribution in [0, 0.1) is 5.82 Å². The highest BCUT2D eigenvalue weighted by Crippen LogP contribution is 2.35. The van der Waals surface area contributed by atoms with Crippen LogP contribution in [0.2, 0.25) is 0 Å². The second-order valence-corrected chi connectivity index (χ2v) is 7.46. The smallest absolute Gasteiger partial charge is 0.148 e. The maximum atomic E-state index is 14.5. The Hall–Kier alpha value is -4.38. The number of phenols is 2. The third-order valence-corrected chi connectivity index (χ3v) is 5.33. The summed E-state index contributed by atoms with van der Waals surface area (Å²) in [5.74, 6) is 0.0144. The summed E-state index contributed by atoms with van der Waals surface area (Å²) in [4.78, 5) is 0. The van der Waals surface area contributed by atoms with Crippen molar-refractivity contribution in [2.45, 2.75) is 0 Å². The second-order valence-electron chi connectivity index (χ2n) is 7.46. The van der Waals surface area contributed by atoms with Crippen molar-refractivity contribution in [3.63, 3.8) is 0 Å². The van der Waals surface area contributed by atoms with E-state index in [-0.39, 0.29) is 17.3 Å². The Labute approximate surface area is 184 Å². The number of rotatable bonds is 4. The summed E-state index contributed by atoms with van der Waals surface area (Å²) in [5, 5.41) is 24.0. The van der Waals surface area contributed by atoms with Crippen LogP contribution in [0.3, 0.4) is 0 Å². The first-order valence-electron chi connectivity index (χ1n) is 10.1. The van der Waals surface area contributed by atoms with Gasteiger partial charge in [-0.25, -0.2) is 9.07 Å². The zero-order chi connectivity index (χ0) is 22.1. The molecule has 0 bridgehead atoms. The van der Waals surface area contributed by atoms with Gasteiger partial charge < -0.3 is 10.2 Å². The van der Waals surface area contributed by atoms with Crippen molar-refractivity contribution >= 4 is 0 Å². The minimum absolute atomic E-state index is 0.165. The molecule has 156 valence electrons. The van der Waals surface area contributed by atoms with Gasteiger partial charge in [-0.2, -0.15) is 5.10 Å². The van der Waals surface area contributed by atoms with E-state index in [1.54, 1.807) is 59.3 Å². The van der Waals surface area contributed by atoms with E-state index in [0.29, 0.717) is 11.4 Å². The lowest BCUT2D eigenvalue weighted by Gasteiger charge is -2.07. The molecule has 1 aromatic heterocycles. The minimum atomic E-state index is -0.364. The molecule has 0 saturated carbocycles. The van der Waals surface area contributed by atoms with Crippen molar-refractivity contribution < 1.29 is 14.6 Å². The predicted octanol–water partition coefficient (Wildman–Crippen LogP) is 6.42. The van der Waals surface area contributed by atoms with Gasteiger partial charge in [0.25, 0.3) is 0 Å². The Balaban J connectivity index is 1.67. The van der Waals surface area contributed by atoms with Crippen LogP contribution in [0.25, 0.3) is 39.2 Å². The summed E-state index contributed by atoms with van der Waals surface area (Å²) in [6.45, 7) is 0. The van der Waals surface area contributed by atoms with Crippen LogP contribution in [0.1, 0.15) is 0 Å². The first kappa shape index (κ1) is 19.6. The summed E-state index contributed by atoms with van der Waals surface area (Å²) in [5.41, 5.74) is 5.54. The third kappa shape index (κ3) is 3.72. The molecular formula is C27H19FN2O2. The summed E-state index contributed by atoms with van der Waals surface area (Å²) in [6.07, 6.45) is 1.82. The molecule has 5 rings (SSSR count). The molecule has 0 radical (unpaired) electrons. The van der Waals surface area contributed by atoms with Crippen molar-refractivity contribution in [3.05, 3.63) is 109 Å². The van der Waals surface area contributed by atoms with Crippen LogP contribution in [-0.4, -0.2) is 20.0 Å². The molecule has 0 amide bonds. The SMILES string of the molecule is Oc1ccc(-c2cccc(-c3cn(-c4ccccc4F)nc3-c3ccc(O)cc3)c2)cc1. The second kappa shape index (κ2) is 8.04. The Morgan fingerprint density at radius 3 is 1.94 bits per heavy atom. The van der Waals surface area contributed by atoms with Gasteiger partial charge in [0.05, 0.1) is 0 Å². The van der Waals surface area contributed by atoms with Crippen LogP contribution < -0.4 is 0 Å². The van der Waals surface area contributed by atoms with Crippen LogP contribution in [0.15, 0.2) is 103 Å². The summed E-state index contributed by atoms with van der Waals surface area (Å²) in [6, 6.07) is 28.3. The Morgan fingerprint density at radius 2 is 1.25 bits per heavy atom. The average Bonchev–Trinajstić information content (AvgIpc) is 3.26. The predicted molar refractivity (Wildman–Crippen MR) is 123 cm³/mol. The van der Waals surface area contributed by atoms with Gasteiger partial charge in [-0.3, -0.25) is 0 Å². The van der Waals surface area contributed by atoms with Crippen molar-refractivity contribution in [2.75, 3.05) is 0 Å². The Bertz CT molecular complexity index is 1390. The van der Waals surface area contributed by atoms with Gasteiger partial charge in [0.15, 0.2) is 0 Å². The molecule has 1 heterocycles. The molecule has 0 atom stereocenters. The fourth-order valence-electron chi connectivity index (χ4n) is 3.70. The number of aromatic hydroxyl groups is 2. The third-order valence-electron chi connectivity index (χ3n) is 5.33. The van der Waals surface area contributed by atoms with Crippen molar-refractivity contribution in [3.8, 4) is 50.7 Å². The van der Waals surface area contributed by atoms with E-state index in [4.69, 9.17) is 5.10 Å². The molecule has 0 fully saturated rings. The van der Waals surface area contributed by atoms with E-state index in [1.807, 2.05) is 42.6 Å². The van der Waals surface area contributed by atoms with Crippen LogP contribution in [0.5, 0.6) is 11.5 Å². The molecule has 4 aromatic carbocycles. The Kier molecular flexibility index (Phi) is 4.92. The molecule has 0 aliphatic carbocycles. The molecule has 32 heavy (non-hydrogen) atoms. The van der Waals surface area contributed by atoms with Gasteiger partial charge >= 0.3 is 0 Å². The Morgan fingerprint density at radius 1 is 0.625 bits per heavy atom. The maximum absolute atomic E-state index is 14.5. The molecule has 2 N–H and O–H groups in total. The van der Waals surface area contributed by atoms with Crippen LogP contribution in [-0.2, 0) is 0 Å². The van der Waals surface area contributed by atoms with E-state index >= 15 is 0 Å². The van der Waals surface area contributed by atoms with Gasteiger partial charge in [-0.1, -0.05) is 42.5 Å². The standard InChI is InChI=1S/C27H19FN2O2/c28-25-6-1-2-7-26(25)30-17-24(27(29-30)19-10-14-23(32)15-11-19)21-5-3-4-20(16-21)18-8-12-22(31)13-9-18/h1-17,31-32H.